The van der Waals surface area contributed by atoms with E-state index in [0.717, 1.165) is 25.6 Å². The monoisotopic (exact) mass is 399 g/mol. The van der Waals surface area contributed by atoms with Gasteiger partial charge in [-0.2, -0.15) is 0 Å². The molecular weight excluding hydrogens is 358 g/mol. The van der Waals surface area contributed by atoms with Crippen molar-refractivity contribution in [3.63, 3.8) is 0 Å². The van der Waals surface area contributed by atoms with Crippen LogP contribution in [0.15, 0.2) is 29.3 Å². The largest absolute Gasteiger partial charge is 0.356 e. The molecule has 5 nitrogen and oxygen atoms in total. The lowest BCUT2D eigenvalue weighted by Crippen LogP contribution is -2.37. The van der Waals surface area contributed by atoms with E-state index in [0.29, 0.717) is 0 Å². The zero-order valence-corrected chi connectivity index (χ0v) is 18.5. The van der Waals surface area contributed by atoms with Crippen LogP contribution < -0.4 is 10.6 Å². The lowest BCUT2D eigenvalue weighted by molar-refractivity contribution is 0.224. The molecule has 0 amide bonds. The van der Waals surface area contributed by atoms with E-state index in [1.807, 2.05) is 7.05 Å². The fourth-order valence-corrected chi connectivity index (χ4v) is 4.39. The van der Waals surface area contributed by atoms with E-state index in [1.165, 1.54) is 95.2 Å². The van der Waals surface area contributed by atoms with E-state index in [1.54, 1.807) is 0 Å². The summed E-state index contributed by atoms with van der Waals surface area (Å²) in [5.41, 5.74) is 2.72. The molecule has 2 N–H and O–H groups in total. The van der Waals surface area contributed by atoms with E-state index in [9.17, 15) is 0 Å². The second kappa shape index (κ2) is 12.9. The van der Waals surface area contributed by atoms with Gasteiger partial charge in [0.1, 0.15) is 0 Å². The van der Waals surface area contributed by atoms with Gasteiger partial charge in [-0.1, -0.05) is 37.1 Å². The Hall–Kier alpha value is -1.59. The highest BCUT2D eigenvalue weighted by atomic mass is 15.2. The first-order valence-electron chi connectivity index (χ1n) is 11.8. The summed E-state index contributed by atoms with van der Waals surface area (Å²) in [7, 11) is 1.85. The van der Waals surface area contributed by atoms with Gasteiger partial charge < -0.3 is 15.5 Å². The van der Waals surface area contributed by atoms with Gasteiger partial charge in [-0.25, -0.2) is 0 Å². The molecule has 0 aromatic heterocycles. The smallest absolute Gasteiger partial charge is 0.191 e. The molecule has 0 saturated carbocycles. The van der Waals surface area contributed by atoms with Crippen LogP contribution in [0.25, 0.3) is 0 Å². The van der Waals surface area contributed by atoms with Gasteiger partial charge in [0.05, 0.1) is 0 Å². The van der Waals surface area contributed by atoms with Gasteiger partial charge in [-0.05, 0) is 82.4 Å². The minimum absolute atomic E-state index is 0.818. The van der Waals surface area contributed by atoms with Gasteiger partial charge in [-0.15, -0.1) is 0 Å². The first-order chi connectivity index (χ1) is 14.3. The van der Waals surface area contributed by atoms with Gasteiger partial charge in [0.15, 0.2) is 5.96 Å². The number of guanidine groups is 1. The van der Waals surface area contributed by atoms with Crippen molar-refractivity contribution in [2.45, 2.75) is 64.5 Å². The van der Waals surface area contributed by atoms with Crippen LogP contribution in [0, 0.1) is 0 Å². The number of nitrogens with one attached hydrogen (secondary N) is 2. The molecule has 2 aliphatic heterocycles. The Bertz CT molecular complexity index is 586. The van der Waals surface area contributed by atoms with Crippen LogP contribution in [-0.4, -0.2) is 62.1 Å². The number of piperidine rings is 1. The molecule has 3 rings (SSSR count). The van der Waals surface area contributed by atoms with E-state index < -0.39 is 0 Å². The van der Waals surface area contributed by atoms with Gasteiger partial charge in [-0.3, -0.25) is 9.89 Å². The third kappa shape index (κ3) is 8.35. The summed E-state index contributed by atoms with van der Waals surface area (Å²) in [4.78, 5) is 9.54. The number of hydrogen-bond donors (Lipinski definition) is 2. The molecule has 29 heavy (non-hydrogen) atoms. The minimum Gasteiger partial charge on any atom is -0.356 e. The quantitative estimate of drug-likeness (QED) is 0.358. The normalized spacial score (nSPS) is 18.9. The molecule has 0 unspecified atom stereocenters. The van der Waals surface area contributed by atoms with E-state index in [-0.39, 0.29) is 0 Å². The van der Waals surface area contributed by atoms with Crippen LogP contribution in [0.5, 0.6) is 0 Å². The second-order valence-electron chi connectivity index (χ2n) is 8.62. The van der Waals surface area contributed by atoms with Crippen molar-refractivity contribution in [3.8, 4) is 0 Å². The molecule has 0 bridgehead atoms. The molecule has 0 atom stereocenters. The molecule has 2 aliphatic rings. The highest BCUT2D eigenvalue weighted by Crippen LogP contribution is 2.13. The minimum atomic E-state index is 0.818. The summed E-state index contributed by atoms with van der Waals surface area (Å²) in [5, 5.41) is 6.90. The number of benzene rings is 1. The zero-order chi connectivity index (χ0) is 20.2. The average Bonchev–Trinajstić information content (AvgIpc) is 3.27. The van der Waals surface area contributed by atoms with Gasteiger partial charge in [0, 0.05) is 26.7 Å². The Kier molecular flexibility index (Phi) is 9.80. The summed E-state index contributed by atoms with van der Waals surface area (Å²) in [6, 6.07) is 9.03. The Balaban J connectivity index is 1.25. The zero-order valence-electron chi connectivity index (χ0n) is 18.5. The van der Waals surface area contributed by atoms with Crippen molar-refractivity contribution in [1.82, 2.24) is 20.4 Å². The van der Waals surface area contributed by atoms with Crippen molar-refractivity contribution in [3.05, 3.63) is 35.4 Å². The molecule has 1 aromatic rings. The molecule has 2 saturated heterocycles. The predicted octanol–water partition coefficient (Wildman–Crippen LogP) is 3.60. The summed E-state index contributed by atoms with van der Waals surface area (Å²) in [6.07, 6.45) is 10.7. The number of nitrogens with zero attached hydrogens (tertiary/aromatic N) is 3. The van der Waals surface area contributed by atoms with Crippen molar-refractivity contribution < 1.29 is 0 Å². The molecule has 0 radical (unpaired) electrons. The summed E-state index contributed by atoms with van der Waals surface area (Å²) in [5.74, 6) is 0.905. The van der Waals surface area contributed by atoms with Gasteiger partial charge >= 0.3 is 0 Å². The lowest BCUT2D eigenvalue weighted by Gasteiger charge is -2.26. The van der Waals surface area contributed by atoms with E-state index in [2.05, 4.69) is 49.7 Å². The molecule has 0 aliphatic carbocycles. The van der Waals surface area contributed by atoms with Crippen molar-refractivity contribution in [1.29, 1.82) is 0 Å². The van der Waals surface area contributed by atoms with Gasteiger partial charge in [0.2, 0.25) is 0 Å². The maximum Gasteiger partial charge on any atom is 0.191 e. The van der Waals surface area contributed by atoms with Crippen LogP contribution in [0.1, 0.15) is 62.5 Å². The average molecular weight is 400 g/mol. The Morgan fingerprint density at radius 3 is 2.17 bits per heavy atom. The van der Waals surface area contributed by atoms with Crippen molar-refractivity contribution >= 4 is 5.96 Å². The third-order valence-electron chi connectivity index (χ3n) is 6.20. The number of hydrogen-bond acceptors (Lipinski definition) is 3. The van der Waals surface area contributed by atoms with Crippen molar-refractivity contribution in [2.75, 3.05) is 46.3 Å². The second-order valence-corrected chi connectivity index (χ2v) is 8.62. The van der Waals surface area contributed by atoms with Crippen LogP contribution in [0.2, 0.25) is 0 Å². The van der Waals surface area contributed by atoms with Crippen LogP contribution in [0.3, 0.4) is 0 Å². The number of likely N-dealkylation sites (tertiary alicyclic amines) is 2. The number of unbranched alkanes of at least 4 members (excludes halogenated alkanes) is 2. The first kappa shape index (κ1) is 22.1. The SMILES string of the molecule is CN=C(NCCCCCN1CCCCC1)NCc1ccc(CN2CCCC2)cc1. The number of aliphatic imine (C=N–C) groups is 1. The Labute approximate surface area is 178 Å². The predicted molar refractivity (Wildman–Crippen MR) is 123 cm³/mol. The molecular formula is C24H41N5. The third-order valence-corrected chi connectivity index (χ3v) is 6.20. The fraction of sp³-hybridized carbons (Fsp3) is 0.708. The summed E-state index contributed by atoms with van der Waals surface area (Å²) >= 11 is 0. The molecule has 1 aromatic carbocycles. The van der Waals surface area contributed by atoms with E-state index >= 15 is 0 Å². The van der Waals surface area contributed by atoms with Crippen LogP contribution in [0.4, 0.5) is 0 Å². The molecule has 162 valence electrons. The van der Waals surface area contributed by atoms with Crippen molar-refractivity contribution in [2.24, 2.45) is 4.99 Å². The fourth-order valence-electron chi connectivity index (χ4n) is 4.39. The van der Waals surface area contributed by atoms with Gasteiger partial charge in [0.25, 0.3) is 0 Å². The Morgan fingerprint density at radius 1 is 0.793 bits per heavy atom. The Morgan fingerprint density at radius 2 is 1.45 bits per heavy atom. The molecule has 0 spiro atoms. The molecule has 2 fully saturated rings. The molecule has 2 heterocycles. The topological polar surface area (TPSA) is 42.9 Å². The molecule has 5 heteroatoms. The van der Waals surface area contributed by atoms with Crippen LogP contribution >= 0.6 is 0 Å². The summed E-state index contributed by atoms with van der Waals surface area (Å²) < 4.78 is 0. The lowest BCUT2D eigenvalue weighted by atomic mass is 10.1. The first-order valence-corrected chi connectivity index (χ1v) is 11.8. The maximum atomic E-state index is 4.36. The number of rotatable bonds is 10. The standard InChI is InChI=1S/C24H41N5/c1-25-24(26-14-4-2-5-15-28-16-6-3-7-17-28)27-20-22-10-12-23(13-11-22)21-29-18-8-9-19-29/h10-13H,2-9,14-21H2,1H3,(H2,25,26,27). The van der Waals surface area contributed by atoms with Crippen LogP contribution in [-0.2, 0) is 13.1 Å². The highest BCUT2D eigenvalue weighted by Gasteiger charge is 2.11. The maximum absolute atomic E-state index is 4.36. The summed E-state index contributed by atoms with van der Waals surface area (Å²) in [6.45, 7) is 9.32. The van der Waals surface area contributed by atoms with E-state index in [4.69, 9.17) is 0 Å². The highest BCUT2D eigenvalue weighted by molar-refractivity contribution is 5.79.